The van der Waals surface area contributed by atoms with Crippen molar-refractivity contribution < 1.29 is 18.3 Å². The van der Waals surface area contributed by atoms with Crippen molar-refractivity contribution in [1.82, 2.24) is 20.2 Å². The Hall–Kier alpha value is -2.49. The normalized spacial score (nSPS) is 11.2. The number of anilines is 1. The zero-order valence-electron chi connectivity index (χ0n) is 10.9. The number of aliphatic carboxylic acids is 1. The van der Waals surface area contributed by atoms with Gasteiger partial charge in [0.25, 0.3) is 0 Å². The van der Waals surface area contributed by atoms with E-state index < -0.39 is 16.0 Å². The van der Waals surface area contributed by atoms with Crippen LogP contribution in [0.2, 0.25) is 0 Å². The minimum Gasteiger partial charge on any atom is -0.481 e. The molecular weight excluding hydrogens is 298 g/mol. The van der Waals surface area contributed by atoms with Crippen LogP contribution in [-0.4, -0.2) is 45.5 Å². The van der Waals surface area contributed by atoms with Crippen molar-refractivity contribution in [3.63, 3.8) is 0 Å². The van der Waals surface area contributed by atoms with Crippen LogP contribution in [0.1, 0.15) is 12.8 Å². The Labute approximate surface area is 120 Å². The van der Waals surface area contributed by atoms with Crippen molar-refractivity contribution in [2.75, 3.05) is 10.5 Å². The molecule has 1 aromatic carbocycles. The summed E-state index contributed by atoms with van der Waals surface area (Å²) in [6.07, 6.45) is 1.30. The van der Waals surface area contributed by atoms with Crippen LogP contribution in [-0.2, 0) is 14.8 Å². The van der Waals surface area contributed by atoms with Gasteiger partial charge in [-0.3, -0.25) is 9.52 Å². The predicted octanol–water partition coefficient (Wildman–Crippen LogP) is 0.269. The van der Waals surface area contributed by atoms with Crippen LogP contribution in [0.25, 0.3) is 5.69 Å². The number of carboxylic acid groups (broad SMARTS) is 1. The van der Waals surface area contributed by atoms with Crippen LogP contribution in [0.4, 0.5) is 5.69 Å². The van der Waals surface area contributed by atoms with Gasteiger partial charge in [-0.15, -0.1) is 5.10 Å². The summed E-state index contributed by atoms with van der Waals surface area (Å²) in [5.41, 5.74) is 1.08. The van der Waals surface area contributed by atoms with E-state index in [0.29, 0.717) is 11.4 Å². The van der Waals surface area contributed by atoms with Gasteiger partial charge in [-0.1, -0.05) is 0 Å². The molecule has 0 aliphatic carbocycles. The first kappa shape index (κ1) is 14.9. The molecule has 0 atom stereocenters. The number of nitrogens with one attached hydrogen (secondary N) is 1. The van der Waals surface area contributed by atoms with Gasteiger partial charge < -0.3 is 5.11 Å². The smallest absolute Gasteiger partial charge is 0.303 e. The first-order valence-corrected chi connectivity index (χ1v) is 7.67. The van der Waals surface area contributed by atoms with Crippen molar-refractivity contribution in [3.05, 3.63) is 30.6 Å². The summed E-state index contributed by atoms with van der Waals surface area (Å²) < 4.78 is 27.3. The highest BCUT2D eigenvalue weighted by Crippen LogP contribution is 2.14. The molecule has 21 heavy (non-hydrogen) atoms. The zero-order valence-corrected chi connectivity index (χ0v) is 11.7. The fraction of sp³-hybridized carbons (Fsp3) is 0.273. The quantitative estimate of drug-likeness (QED) is 0.751. The molecule has 2 rings (SSSR count). The van der Waals surface area contributed by atoms with Gasteiger partial charge in [-0.05, 0) is 41.1 Å². The highest BCUT2D eigenvalue weighted by Gasteiger charge is 2.11. The molecule has 1 heterocycles. The summed E-state index contributed by atoms with van der Waals surface area (Å²) in [5, 5.41) is 19.2. The second-order valence-electron chi connectivity index (χ2n) is 4.22. The van der Waals surface area contributed by atoms with Gasteiger partial charge in [0.15, 0.2) is 0 Å². The summed E-state index contributed by atoms with van der Waals surface area (Å²) in [5.74, 6) is -1.26. The Balaban J connectivity index is 1.98. The van der Waals surface area contributed by atoms with Crippen molar-refractivity contribution in [1.29, 1.82) is 0 Å². The summed E-state index contributed by atoms with van der Waals surface area (Å²) >= 11 is 0. The molecule has 2 aromatic rings. The van der Waals surface area contributed by atoms with Crippen LogP contribution in [0.5, 0.6) is 0 Å². The number of carbonyl (C=O) groups is 1. The van der Waals surface area contributed by atoms with E-state index in [1.165, 1.54) is 11.0 Å². The second-order valence-corrected chi connectivity index (χ2v) is 6.06. The number of benzene rings is 1. The van der Waals surface area contributed by atoms with E-state index in [9.17, 15) is 13.2 Å². The number of aromatic nitrogens is 4. The largest absolute Gasteiger partial charge is 0.481 e. The molecule has 9 nitrogen and oxygen atoms in total. The van der Waals surface area contributed by atoms with Crippen molar-refractivity contribution >= 4 is 21.7 Å². The SMILES string of the molecule is O=C(O)CCCS(=O)(=O)Nc1ccc(-n2cnnn2)cc1. The third kappa shape index (κ3) is 4.53. The zero-order chi connectivity index (χ0) is 15.3. The Morgan fingerprint density at radius 3 is 2.57 bits per heavy atom. The molecular formula is C11H13N5O4S. The Bertz CT molecular complexity index is 697. The number of carboxylic acids is 1. The van der Waals surface area contributed by atoms with Crippen molar-refractivity contribution in [2.45, 2.75) is 12.8 Å². The number of tetrazole rings is 1. The topological polar surface area (TPSA) is 127 Å². The maximum absolute atomic E-state index is 11.8. The molecule has 10 heteroatoms. The molecule has 0 aliphatic heterocycles. The molecule has 0 radical (unpaired) electrons. The molecule has 0 unspecified atom stereocenters. The summed E-state index contributed by atoms with van der Waals surface area (Å²) in [6, 6.07) is 6.47. The highest BCUT2D eigenvalue weighted by molar-refractivity contribution is 7.92. The first-order valence-electron chi connectivity index (χ1n) is 6.02. The average Bonchev–Trinajstić information content (AvgIpc) is 2.92. The lowest BCUT2D eigenvalue weighted by Gasteiger charge is -2.08. The highest BCUT2D eigenvalue weighted by atomic mass is 32.2. The Kier molecular flexibility index (Phi) is 4.48. The molecule has 0 spiro atoms. The van der Waals surface area contributed by atoms with Gasteiger partial charge in [-0.25, -0.2) is 13.1 Å². The number of rotatable bonds is 7. The standard InChI is InChI=1S/C11H13N5O4S/c17-11(18)2-1-7-21(19,20)13-9-3-5-10(6-4-9)16-8-12-14-15-16/h3-6,8,13H,1-2,7H2,(H,17,18). The Morgan fingerprint density at radius 1 is 1.29 bits per heavy atom. The third-order valence-corrected chi connectivity index (χ3v) is 3.93. The maximum Gasteiger partial charge on any atom is 0.303 e. The van der Waals surface area contributed by atoms with E-state index in [4.69, 9.17) is 5.11 Å². The number of hydrogen-bond donors (Lipinski definition) is 2. The van der Waals surface area contributed by atoms with Crippen LogP contribution in [0.15, 0.2) is 30.6 Å². The molecule has 0 bridgehead atoms. The second kappa shape index (κ2) is 6.31. The van der Waals surface area contributed by atoms with Crippen molar-refractivity contribution in [2.24, 2.45) is 0 Å². The van der Waals surface area contributed by atoms with Gasteiger partial charge in [0.05, 0.1) is 11.4 Å². The molecule has 0 amide bonds. The minimum absolute atomic E-state index is 0.0629. The average molecular weight is 311 g/mol. The van der Waals surface area contributed by atoms with Gasteiger partial charge in [0.1, 0.15) is 6.33 Å². The van der Waals surface area contributed by atoms with E-state index in [1.54, 1.807) is 24.3 Å². The molecule has 1 aromatic heterocycles. The fourth-order valence-electron chi connectivity index (χ4n) is 1.61. The van der Waals surface area contributed by atoms with E-state index in [-0.39, 0.29) is 18.6 Å². The van der Waals surface area contributed by atoms with E-state index in [1.807, 2.05) is 0 Å². The van der Waals surface area contributed by atoms with Gasteiger partial charge in [-0.2, -0.15) is 0 Å². The summed E-state index contributed by atoms with van der Waals surface area (Å²) in [6.45, 7) is 0. The number of hydrogen-bond acceptors (Lipinski definition) is 6. The molecule has 2 N–H and O–H groups in total. The number of sulfonamides is 1. The lowest BCUT2D eigenvalue weighted by Crippen LogP contribution is -2.17. The predicted molar refractivity (Wildman–Crippen MR) is 73.4 cm³/mol. The number of nitrogens with zero attached hydrogens (tertiary/aromatic N) is 4. The monoisotopic (exact) mass is 311 g/mol. The lowest BCUT2D eigenvalue weighted by molar-refractivity contribution is -0.137. The van der Waals surface area contributed by atoms with Gasteiger partial charge in [0.2, 0.25) is 10.0 Å². The summed E-state index contributed by atoms with van der Waals surface area (Å²) in [4.78, 5) is 10.4. The van der Waals surface area contributed by atoms with E-state index >= 15 is 0 Å². The molecule has 0 saturated carbocycles. The molecule has 0 fully saturated rings. The van der Waals surface area contributed by atoms with Crippen LogP contribution >= 0.6 is 0 Å². The third-order valence-electron chi connectivity index (χ3n) is 2.56. The molecule has 112 valence electrons. The van der Waals surface area contributed by atoms with E-state index in [0.717, 1.165) is 0 Å². The van der Waals surface area contributed by atoms with Gasteiger partial charge >= 0.3 is 5.97 Å². The summed E-state index contributed by atoms with van der Waals surface area (Å²) in [7, 11) is -3.56. The Morgan fingerprint density at radius 2 is 2.00 bits per heavy atom. The molecule has 0 saturated heterocycles. The fourth-order valence-corrected chi connectivity index (χ4v) is 2.73. The van der Waals surface area contributed by atoms with Crippen LogP contribution < -0.4 is 4.72 Å². The van der Waals surface area contributed by atoms with Crippen LogP contribution in [0, 0.1) is 0 Å². The maximum atomic E-state index is 11.8. The van der Waals surface area contributed by atoms with Crippen molar-refractivity contribution in [3.8, 4) is 5.69 Å². The lowest BCUT2D eigenvalue weighted by atomic mass is 10.3. The first-order chi connectivity index (χ1) is 9.96. The molecule has 0 aliphatic rings. The van der Waals surface area contributed by atoms with Gasteiger partial charge in [0, 0.05) is 12.1 Å². The van der Waals surface area contributed by atoms with Crippen LogP contribution in [0.3, 0.4) is 0 Å². The van der Waals surface area contributed by atoms with E-state index in [2.05, 4.69) is 20.2 Å². The minimum atomic E-state index is -3.56.